The molecule has 0 spiro atoms. The van der Waals surface area contributed by atoms with Crippen molar-refractivity contribution in [2.45, 2.75) is 31.9 Å². The molecule has 0 radical (unpaired) electrons. The molecule has 3 nitrogen and oxygen atoms in total. The fraction of sp³-hybridized carbons (Fsp3) is 0.625. The summed E-state index contributed by atoms with van der Waals surface area (Å²) in [4.78, 5) is 0. The van der Waals surface area contributed by atoms with Crippen LogP contribution in [0.1, 0.15) is 30.6 Å². The van der Waals surface area contributed by atoms with Gasteiger partial charge in [0.1, 0.15) is 0 Å². The first-order valence-corrected chi connectivity index (χ1v) is 7.13. The summed E-state index contributed by atoms with van der Waals surface area (Å²) in [6.45, 7) is 3.88. The molecule has 3 atom stereocenters. The maximum Gasteiger partial charge on any atom is 0.0983 e. The number of methoxy groups -OCH3 is 1. The standard InChI is InChI=1S/C16H25NO2/c1-12(8-10-18-3)15(17-2)16-14-7-5-4-6-13(14)9-11-19-16/h4-7,12,15-17H,8-11H2,1-3H3. The van der Waals surface area contributed by atoms with Crippen LogP contribution in [0.3, 0.4) is 0 Å². The van der Waals surface area contributed by atoms with E-state index in [0.717, 1.165) is 26.1 Å². The Balaban J connectivity index is 2.15. The highest BCUT2D eigenvalue weighted by molar-refractivity contribution is 5.32. The number of hydrogen-bond acceptors (Lipinski definition) is 3. The molecule has 1 aliphatic rings. The van der Waals surface area contributed by atoms with E-state index in [1.54, 1.807) is 7.11 Å². The van der Waals surface area contributed by atoms with Gasteiger partial charge in [0.05, 0.1) is 12.7 Å². The number of rotatable bonds is 6. The topological polar surface area (TPSA) is 30.5 Å². The molecule has 0 aliphatic carbocycles. The predicted molar refractivity (Wildman–Crippen MR) is 77.3 cm³/mol. The molecular weight excluding hydrogens is 238 g/mol. The smallest absolute Gasteiger partial charge is 0.0983 e. The van der Waals surface area contributed by atoms with Crippen molar-refractivity contribution in [3.05, 3.63) is 35.4 Å². The molecule has 3 heteroatoms. The molecule has 1 aromatic rings. The molecule has 3 unspecified atom stereocenters. The van der Waals surface area contributed by atoms with E-state index < -0.39 is 0 Å². The maximum atomic E-state index is 6.06. The molecule has 1 aromatic carbocycles. The van der Waals surface area contributed by atoms with Crippen molar-refractivity contribution in [2.24, 2.45) is 5.92 Å². The fourth-order valence-electron chi connectivity index (χ4n) is 2.94. The Morgan fingerprint density at radius 1 is 1.42 bits per heavy atom. The predicted octanol–water partition coefficient (Wildman–Crippen LogP) is 2.56. The van der Waals surface area contributed by atoms with Crippen molar-refractivity contribution in [3.63, 3.8) is 0 Å². The lowest BCUT2D eigenvalue weighted by molar-refractivity contribution is 0.0000628. The van der Waals surface area contributed by atoms with Crippen molar-refractivity contribution in [2.75, 3.05) is 27.4 Å². The summed E-state index contributed by atoms with van der Waals surface area (Å²) in [5.74, 6) is 0.515. The monoisotopic (exact) mass is 263 g/mol. The third kappa shape index (κ3) is 3.35. The number of ether oxygens (including phenoxy) is 2. The first-order chi connectivity index (χ1) is 9.27. The molecule has 1 aliphatic heterocycles. The Morgan fingerprint density at radius 3 is 2.95 bits per heavy atom. The van der Waals surface area contributed by atoms with Gasteiger partial charge < -0.3 is 14.8 Å². The van der Waals surface area contributed by atoms with Crippen LogP contribution in [0, 0.1) is 5.92 Å². The Kier molecular flexibility index (Phi) is 5.37. The Morgan fingerprint density at radius 2 is 2.21 bits per heavy atom. The van der Waals surface area contributed by atoms with Crippen LogP contribution in [0.15, 0.2) is 24.3 Å². The van der Waals surface area contributed by atoms with Crippen LogP contribution >= 0.6 is 0 Å². The molecule has 0 saturated carbocycles. The molecule has 1 N–H and O–H groups in total. The van der Waals surface area contributed by atoms with Crippen LogP contribution in [-0.4, -0.2) is 33.4 Å². The third-order valence-electron chi connectivity index (χ3n) is 4.08. The summed E-state index contributed by atoms with van der Waals surface area (Å²) in [5, 5.41) is 3.44. The summed E-state index contributed by atoms with van der Waals surface area (Å²) in [5.41, 5.74) is 2.77. The van der Waals surface area contributed by atoms with Gasteiger partial charge in [0.15, 0.2) is 0 Å². The fourth-order valence-corrected chi connectivity index (χ4v) is 2.94. The highest BCUT2D eigenvalue weighted by atomic mass is 16.5. The molecule has 2 rings (SSSR count). The summed E-state index contributed by atoms with van der Waals surface area (Å²) < 4.78 is 11.3. The average Bonchev–Trinajstić information content (AvgIpc) is 2.46. The first kappa shape index (κ1) is 14.5. The highest BCUT2D eigenvalue weighted by Gasteiger charge is 2.31. The molecule has 0 aromatic heterocycles. The molecule has 0 amide bonds. The molecule has 0 bridgehead atoms. The molecule has 106 valence electrons. The van der Waals surface area contributed by atoms with Gasteiger partial charge in [-0.1, -0.05) is 31.2 Å². The molecular formula is C16H25NO2. The van der Waals surface area contributed by atoms with E-state index in [1.807, 2.05) is 7.05 Å². The zero-order valence-electron chi connectivity index (χ0n) is 12.2. The van der Waals surface area contributed by atoms with E-state index in [0.29, 0.717) is 12.0 Å². The third-order valence-corrected chi connectivity index (χ3v) is 4.08. The molecule has 0 fully saturated rings. The van der Waals surface area contributed by atoms with Crippen LogP contribution in [-0.2, 0) is 15.9 Å². The minimum atomic E-state index is 0.154. The van der Waals surface area contributed by atoms with Crippen LogP contribution < -0.4 is 5.32 Å². The molecule has 0 saturated heterocycles. The summed E-state index contributed by atoms with van der Waals surface area (Å²) in [6.07, 6.45) is 2.22. The van der Waals surface area contributed by atoms with Gasteiger partial charge in [-0.3, -0.25) is 0 Å². The number of benzene rings is 1. The Bertz CT molecular complexity index is 394. The highest BCUT2D eigenvalue weighted by Crippen LogP contribution is 2.33. The summed E-state index contributed by atoms with van der Waals surface area (Å²) in [6, 6.07) is 8.97. The lowest BCUT2D eigenvalue weighted by atomic mass is 9.86. The van der Waals surface area contributed by atoms with Crippen molar-refractivity contribution < 1.29 is 9.47 Å². The van der Waals surface area contributed by atoms with Crippen LogP contribution in [0.5, 0.6) is 0 Å². The number of hydrogen-bond donors (Lipinski definition) is 1. The second-order valence-electron chi connectivity index (χ2n) is 5.31. The number of likely N-dealkylation sites (N-methyl/N-ethyl adjacent to an activating group) is 1. The van der Waals surface area contributed by atoms with E-state index in [4.69, 9.17) is 9.47 Å². The van der Waals surface area contributed by atoms with Crippen LogP contribution in [0.2, 0.25) is 0 Å². The van der Waals surface area contributed by atoms with E-state index in [9.17, 15) is 0 Å². The van der Waals surface area contributed by atoms with Crippen molar-refractivity contribution in [1.29, 1.82) is 0 Å². The lowest BCUT2D eigenvalue weighted by Crippen LogP contribution is -2.41. The maximum absolute atomic E-state index is 6.06. The molecule has 19 heavy (non-hydrogen) atoms. The minimum absolute atomic E-state index is 0.154. The van der Waals surface area contributed by atoms with Crippen molar-refractivity contribution in [3.8, 4) is 0 Å². The van der Waals surface area contributed by atoms with Crippen molar-refractivity contribution >= 4 is 0 Å². The van der Waals surface area contributed by atoms with Gasteiger partial charge in [-0.05, 0) is 36.9 Å². The zero-order valence-corrected chi connectivity index (χ0v) is 12.2. The summed E-state index contributed by atoms with van der Waals surface area (Å²) >= 11 is 0. The van der Waals surface area contributed by atoms with Crippen LogP contribution in [0.25, 0.3) is 0 Å². The van der Waals surface area contributed by atoms with Gasteiger partial charge in [-0.2, -0.15) is 0 Å². The number of nitrogens with one attached hydrogen (secondary N) is 1. The average molecular weight is 263 g/mol. The van der Waals surface area contributed by atoms with Gasteiger partial charge in [-0.25, -0.2) is 0 Å². The van der Waals surface area contributed by atoms with Crippen molar-refractivity contribution in [1.82, 2.24) is 5.32 Å². The normalized spacial score (nSPS) is 21.7. The zero-order chi connectivity index (χ0) is 13.7. The Hall–Kier alpha value is -0.900. The minimum Gasteiger partial charge on any atom is -0.385 e. The quantitative estimate of drug-likeness (QED) is 0.855. The summed E-state index contributed by atoms with van der Waals surface area (Å²) in [7, 11) is 3.78. The largest absolute Gasteiger partial charge is 0.385 e. The SMILES string of the molecule is CNC(C(C)CCOC)C1OCCc2ccccc21. The van der Waals surface area contributed by atoms with E-state index in [2.05, 4.69) is 36.5 Å². The Labute approximate surface area is 116 Å². The van der Waals surface area contributed by atoms with E-state index in [-0.39, 0.29) is 6.10 Å². The first-order valence-electron chi connectivity index (χ1n) is 7.13. The van der Waals surface area contributed by atoms with E-state index >= 15 is 0 Å². The van der Waals surface area contributed by atoms with Crippen LogP contribution in [0.4, 0.5) is 0 Å². The van der Waals surface area contributed by atoms with Gasteiger partial charge >= 0.3 is 0 Å². The second kappa shape index (κ2) is 7.04. The number of fused-ring (bicyclic) bond motifs is 1. The van der Waals surface area contributed by atoms with E-state index in [1.165, 1.54) is 11.1 Å². The van der Waals surface area contributed by atoms with Gasteiger partial charge in [0, 0.05) is 19.8 Å². The van der Waals surface area contributed by atoms with Gasteiger partial charge in [0.2, 0.25) is 0 Å². The van der Waals surface area contributed by atoms with Gasteiger partial charge in [-0.15, -0.1) is 0 Å². The second-order valence-corrected chi connectivity index (χ2v) is 5.31. The van der Waals surface area contributed by atoms with Gasteiger partial charge in [0.25, 0.3) is 0 Å². The lowest BCUT2D eigenvalue weighted by Gasteiger charge is -2.35. The molecule has 1 heterocycles.